The molecule has 162 valence electrons. The lowest BCUT2D eigenvalue weighted by Gasteiger charge is -2.16. The van der Waals surface area contributed by atoms with Crippen LogP contribution in [0.5, 0.6) is 0 Å². The molecule has 0 radical (unpaired) electrons. The van der Waals surface area contributed by atoms with Gasteiger partial charge in [-0.05, 0) is 47.7 Å². The van der Waals surface area contributed by atoms with Crippen LogP contribution < -0.4 is 5.32 Å². The third-order valence-electron chi connectivity index (χ3n) is 4.25. The van der Waals surface area contributed by atoms with Gasteiger partial charge in [-0.1, -0.05) is 18.2 Å². The average Bonchev–Trinajstić information content (AvgIpc) is 3.28. The van der Waals surface area contributed by atoms with Crippen LogP contribution in [0.15, 0.2) is 59.8 Å². The lowest BCUT2D eigenvalue weighted by atomic mass is 10.2. The molecule has 31 heavy (non-hydrogen) atoms. The fourth-order valence-corrected chi connectivity index (χ4v) is 3.53. The third-order valence-corrected chi connectivity index (χ3v) is 6.06. The van der Waals surface area contributed by atoms with E-state index in [0.717, 1.165) is 4.31 Å². The zero-order valence-electron chi connectivity index (χ0n) is 17.0. The van der Waals surface area contributed by atoms with Gasteiger partial charge in [-0.15, -0.1) is 5.10 Å². The molecule has 3 rings (SSSR count). The molecule has 0 aliphatic carbocycles. The van der Waals surface area contributed by atoms with E-state index in [1.165, 1.54) is 62.4 Å². The van der Waals surface area contributed by atoms with Crippen LogP contribution in [0.1, 0.15) is 17.3 Å². The van der Waals surface area contributed by atoms with Gasteiger partial charge in [0.25, 0.3) is 5.91 Å². The Labute approximate surface area is 178 Å². The van der Waals surface area contributed by atoms with Gasteiger partial charge in [0.2, 0.25) is 10.0 Å². The molecule has 0 aliphatic heterocycles. The highest BCUT2D eigenvalue weighted by Gasteiger charge is 2.23. The Morgan fingerprint density at radius 1 is 1.13 bits per heavy atom. The number of tetrazole rings is 1. The second-order valence-electron chi connectivity index (χ2n) is 6.62. The molecule has 0 spiro atoms. The molecule has 0 saturated carbocycles. The predicted octanol–water partition coefficient (Wildman–Crippen LogP) is 1.10. The number of ether oxygens (including phenoxy) is 1. The monoisotopic (exact) mass is 444 g/mol. The van der Waals surface area contributed by atoms with Crippen molar-refractivity contribution in [3.63, 3.8) is 0 Å². The Hall–Kier alpha value is -3.64. The van der Waals surface area contributed by atoms with Crippen LogP contribution in [0.2, 0.25) is 0 Å². The zero-order chi connectivity index (χ0) is 22.6. The summed E-state index contributed by atoms with van der Waals surface area (Å²) >= 11 is 0. The summed E-state index contributed by atoms with van der Waals surface area (Å²) in [5.74, 6) is -1.36. The third kappa shape index (κ3) is 4.92. The van der Waals surface area contributed by atoms with Gasteiger partial charge in [0, 0.05) is 19.8 Å². The van der Waals surface area contributed by atoms with Gasteiger partial charge in [-0.2, -0.15) is 4.68 Å². The van der Waals surface area contributed by atoms with Gasteiger partial charge >= 0.3 is 5.97 Å². The Balaban J connectivity index is 1.72. The highest BCUT2D eigenvalue weighted by Crippen LogP contribution is 2.19. The first-order valence-electron chi connectivity index (χ1n) is 9.07. The van der Waals surface area contributed by atoms with Gasteiger partial charge in [-0.3, -0.25) is 4.79 Å². The quantitative estimate of drug-likeness (QED) is 0.535. The summed E-state index contributed by atoms with van der Waals surface area (Å²) in [6.07, 6.45) is 0.181. The van der Waals surface area contributed by atoms with Crippen LogP contribution in [-0.4, -0.2) is 65.0 Å². The molecule has 2 aromatic carbocycles. The summed E-state index contributed by atoms with van der Waals surface area (Å²) in [5.41, 5.74) is 0.824. The van der Waals surface area contributed by atoms with Crippen LogP contribution in [0.25, 0.3) is 5.69 Å². The number of para-hydroxylation sites is 1. The average molecular weight is 444 g/mol. The largest absolute Gasteiger partial charge is 0.449 e. The van der Waals surface area contributed by atoms with Gasteiger partial charge in [0.05, 0.1) is 16.1 Å². The first-order chi connectivity index (χ1) is 14.7. The van der Waals surface area contributed by atoms with Crippen molar-refractivity contribution in [3.05, 3.63) is 60.4 Å². The number of hydrogen-bond donors (Lipinski definition) is 1. The van der Waals surface area contributed by atoms with Gasteiger partial charge in [0.15, 0.2) is 6.10 Å². The van der Waals surface area contributed by atoms with Crippen LogP contribution in [0.3, 0.4) is 0 Å². The molecular formula is C19H20N6O5S. The molecule has 1 heterocycles. The van der Waals surface area contributed by atoms with E-state index in [1.807, 2.05) is 0 Å². The molecule has 12 heteroatoms. The Kier molecular flexibility index (Phi) is 6.42. The number of nitrogens with one attached hydrogen (secondary N) is 1. The van der Waals surface area contributed by atoms with Crippen molar-refractivity contribution in [2.75, 3.05) is 19.4 Å². The number of hydrogen-bond acceptors (Lipinski definition) is 8. The number of aromatic nitrogens is 4. The Morgan fingerprint density at radius 2 is 1.87 bits per heavy atom. The normalized spacial score (nSPS) is 12.4. The number of rotatable bonds is 7. The van der Waals surface area contributed by atoms with E-state index in [2.05, 4.69) is 20.8 Å². The van der Waals surface area contributed by atoms with Crippen molar-refractivity contribution >= 4 is 27.6 Å². The summed E-state index contributed by atoms with van der Waals surface area (Å²) in [6.45, 7) is 1.41. The number of nitrogens with zero attached hydrogens (tertiary/aromatic N) is 5. The number of carbonyl (C=O) groups excluding carboxylic acids is 2. The van der Waals surface area contributed by atoms with E-state index < -0.39 is 28.0 Å². The molecular weight excluding hydrogens is 424 g/mol. The summed E-state index contributed by atoms with van der Waals surface area (Å²) in [5, 5.41) is 13.4. The number of anilines is 1. The molecule has 11 nitrogen and oxygen atoms in total. The van der Waals surface area contributed by atoms with Crippen molar-refractivity contribution < 1.29 is 22.7 Å². The first kappa shape index (κ1) is 22.1. The summed E-state index contributed by atoms with van der Waals surface area (Å²) in [7, 11) is -0.834. The van der Waals surface area contributed by atoms with Crippen molar-refractivity contribution in [1.29, 1.82) is 0 Å². The highest BCUT2D eigenvalue weighted by molar-refractivity contribution is 7.89. The van der Waals surface area contributed by atoms with E-state index in [1.54, 1.807) is 18.2 Å². The molecule has 1 N–H and O–H groups in total. The number of benzene rings is 2. The smallest absolute Gasteiger partial charge is 0.341 e. The lowest BCUT2D eigenvalue weighted by Crippen LogP contribution is -2.30. The minimum Gasteiger partial charge on any atom is -0.449 e. The maximum absolute atomic E-state index is 12.6. The molecule has 3 aromatic rings. The molecule has 0 fully saturated rings. The van der Waals surface area contributed by atoms with Crippen LogP contribution in [0.4, 0.5) is 5.69 Å². The Bertz CT molecular complexity index is 1190. The topological polar surface area (TPSA) is 136 Å². The van der Waals surface area contributed by atoms with Crippen molar-refractivity contribution in [3.8, 4) is 5.69 Å². The second-order valence-corrected chi connectivity index (χ2v) is 8.78. The molecule has 1 aromatic heterocycles. The predicted molar refractivity (Wildman–Crippen MR) is 110 cm³/mol. The molecule has 0 saturated heterocycles. The maximum atomic E-state index is 12.6. The van der Waals surface area contributed by atoms with Crippen LogP contribution in [0, 0.1) is 0 Å². The van der Waals surface area contributed by atoms with Crippen LogP contribution >= 0.6 is 0 Å². The Morgan fingerprint density at radius 3 is 2.55 bits per heavy atom. The van der Waals surface area contributed by atoms with E-state index >= 15 is 0 Å². The second kappa shape index (κ2) is 9.02. The van der Waals surface area contributed by atoms with Gasteiger partial charge in [-0.25, -0.2) is 17.5 Å². The zero-order valence-corrected chi connectivity index (χ0v) is 17.8. The van der Waals surface area contributed by atoms with Crippen LogP contribution in [-0.2, 0) is 19.6 Å². The molecule has 0 bridgehead atoms. The fraction of sp³-hybridized carbons (Fsp3) is 0.211. The summed E-state index contributed by atoms with van der Waals surface area (Å²) < 4.78 is 32.2. The van der Waals surface area contributed by atoms with E-state index in [0.29, 0.717) is 5.69 Å². The standard InChI is InChI=1S/C19H20N6O5S/c1-13(18(26)21-14-7-6-8-15(11-14)31(28,29)24(2)3)30-19(27)16-9-4-5-10-17(16)25-12-20-22-23-25/h4-13H,1-3H3,(H,21,26)/t13-/m1/s1. The fourth-order valence-electron chi connectivity index (χ4n) is 2.58. The van der Waals surface area contributed by atoms with Crippen molar-refractivity contribution in [1.82, 2.24) is 24.5 Å². The number of esters is 1. The molecule has 1 atom stereocenters. The summed E-state index contributed by atoms with van der Waals surface area (Å²) in [6, 6.07) is 12.3. The van der Waals surface area contributed by atoms with Crippen molar-refractivity contribution in [2.45, 2.75) is 17.9 Å². The molecule has 0 unspecified atom stereocenters. The van der Waals surface area contributed by atoms with Gasteiger partial charge < -0.3 is 10.1 Å². The number of carbonyl (C=O) groups is 2. The van der Waals surface area contributed by atoms with E-state index in [4.69, 9.17) is 4.74 Å². The maximum Gasteiger partial charge on any atom is 0.341 e. The molecule has 1 amide bonds. The molecule has 0 aliphatic rings. The van der Waals surface area contributed by atoms with Crippen molar-refractivity contribution in [2.24, 2.45) is 0 Å². The van der Waals surface area contributed by atoms with Gasteiger partial charge in [0.1, 0.15) is 6.33 Å². The number of amides is 1. The van der Waals surface area contributed by atoms with E-state index in [9.17, 15) is 18.0 Å². The SMILES string of the molecule is C[C@@H](OC(=O)c1ccccc1-n1cnnn1)C(=O)Nc1cccc(S(=O)(=O)N(C)C)c1. The number of sulfonamides is 1. The summed E-state index contributed by atoms with van der Waals surface area (Å²) in [4.78, 5) is 25.1. The first-order valence-corrected chi connectivity index (χ1v) is 10.5. The highest BCUT2D eigenvalue weighted by atomic mass is 32.2. The van der Waals surface area contributed by atoms with E-state index in [-0.39, 0.29) is 16.1 Å². The minimum absolute atomic E-state index is 0.0234. The lowest BCUT2D eigenvalue weighted by molar-refractivity contribution is -0.123. The minimum atomic E-state index is -3.66.